The number of nitrogens with zero attached hydrogens (tertiary/aromatic N) is 1. The van der Waals surface area contributed by atoms with E-state index in [0.29, 0.717) is 0 Å². The summed E-state index contributed by atoms with van der Waals surface area (Å²) in [4.78, 5) is 16.5. The lowest BCUT2D eigenvalue weighted by atomic mass is 9.95. The number of hydrogen-bond donors (Lipinski definition) is 4. The summed E-state index contributed by atoms with van der Waals surface area (Å²) in [5, 5.41) is 33.3. The van der Waals surface area contributed by atoms with E-state index in [-0.39, 0.29) is 11.9 Å². The highest BCUT2D eigenvalue weighted by molar-refractivity contribution is 5.73. The molecule has 0 aliphatic carbocycles. The molecule has 5 atom stereocenters. The van der Waals surface area contributed by atoms with Crippen LogP contribution in [0.25, 0.3) is 0 Å². The molecule has 0 radical (unpaired) electrons. The van der Waals surface area contributed by atoms with Crippen LogP contribution in [0.4, 0.5) is 0 Å². The maximum absolute atomic E-state index is 11.3. The summed E-state index contributed by atoms with van der Waals surface area (Å²) in [6.07, 6.45) is -4.33. The first kappa shape index (κ1) is 17.3. The molecule has 0 aromatic heterocycles. The second kappa shape index (κ2) is 7.30. The van der Waals surface area contributed by atoms with Gasteiger partial charge in [0.05, 0.1) is 19.8 Å². The summed E-state index contributed by atoms with van der Waals surface area (Å²) in [7, 11) is 1.44. The Bertz CT molecular complexity index is 327. The van der Waals surface area contributed by atoms with E-state index in [9.17, 15) is 20.1 Å². The van der Waals surface area contributed by atoms with E-state index in [1.807, 2.05) is 13.8 Å². The van der Waals surface area contributed by atoms with Crippen LogP contribution >= 0.6 is 0 Å². The van der Waals surface area contributed by atoms with Crippen LogP contribution < -0.4 is 5.32 Å². The third kappa shape index (κ3) is 3.66. The van der Waals surface area contributed by atoms with Crippen molar-refractivity contribution in [3.8, 4) is 0 Å². The van der Waals surface area contributed by atoms with E-state index in [0.717, 1.165) is 0 Å². The predicted octanol–water partition coefficient (Wildman–Crippen LogP) is -1.80. The molecule has 2 unspecified atom stereocenters. The number of hydroxylamine groups is 2. The smallest absolute Gasteiger partial charge is 0.217 e. The fourth-order valence-electron chi connectivity index (χ4n) is 2.31. The van der Waals surface area contributed by atoms with Gasteiger partial charge in [-0.05, 0) is 13.8 Å². The second-order valence-electron chi connectivity index (χ2n) is 5.09. The number of carbonyl (C=O) groups is 1. The lowest BCUT2D eigenvalue weighted by Gasteiger charge is -2.46. The average molecular weight is 292 g/mol. The number of amides is 1. The van der Waals surface area contributed by atoms with Gasteiger partial charge in [0.25, 0.3) is 0 Å². The zero-order valence-corrected chi connectivity index (χ0v) is 12.2. The first-order valence-electron chi connectivity index (χ1n) is 6.55. The molecule has 0 saturated carbocycles. The van der Waals surface area contributed by atoms with Gasteiger partial charge in [-0.1, -0.05) is 0 Å². The van der Waals surface area contributed by atoms with E-state index >= 15 is 0 Å². The molecule has 1 amide bonds. The average Bonchev–Trinajstić information content (AvgIpc) is 2.37. The van der Waals surface area contributed by atoms with Crippen LogP contribution in [0.3, 0.4) is 0 Å². The molecule has 0 aromatic rings. The molecule has 1 aliphatic heterocycles. The van der Waals surface area contributed by atoms with Crippen molar-refractivity contribution in [1.29, 1.82) is 0 Å². The van der Waals surface area contributed by atoms with Crippen molar-refractivity contribution in [1.82, 2.24) is 10.4 Å². The van der Waals surface area contributed by atoms with Crippen LogP contribution in [0.15, 0.2) is 0 Å². The quantitative estimate of drug-likeness (QED) is 0.442. The van der Waals surface area contributed by atoms with E-state index in [1.54, 1.807) is 0 Å². The Kier molecular flexibility index (Phi) is 6.31. The largest absolute Gasteiger partial charge is 0.394 e. The standard InChI is InChI=1S/C12H24N2O6/c1-6(2)14(19-4)12-9(13-7(3)16)11(18)10(17)8(5-15)20-12/h6,8-12,15,17-18H,5H2,1-4H3,(H,13,16)/t8?,9?,10-,11-,12+/m1/s1. The highest BCUT2D eigenvalue weighted by Crippen LogP contribution is 2.25. The topological polar surface area (TPSA) is 111 Å². The predicted molar refractivity (Wildman–Crippen MR) is 69.3 cm³/mol. The Morgan fingerprint density at radius 2 is 2.00 bits per heavy atom. The maximum Gasteiger partial charge on any atom is 0.217 e. The fraction of sp³-hybridized carbons (Fsp3) is 0.917. The summed E-state index contributed by atoms with van der Waals surface area (Å²) < 4.78 is 5.57. The summed E-state index contributed by atoms with van der Waals surface area (Å²) >= 11 is 0. The fourth-order valence-corrected chi connectivity index (χ4v) is 2.31. The number of aliphatic hydroxyl groups excluding tert-OH is 3. The van der Waals surface area contributed by atoms with E-state index in [2.05, 4.69) is 5.32 Å². The number of ether oxygens (including phenoxy) is 1. The lowest BCUT2D eigenvalue weighted by molar-refractivity contribution is -0.314. The first-order valence-corrected chi connectivity index (χ1v) is 6.55. The molecule has 20 heavy (non-hydrogen) atoms. The second-order valence-corrected chi connectivity index (χ2v) is 5.09. The third-order valence-electron chi connectivity index (χ3n) is 3.24. The van der Waals surface area contributed by atoms with Crippen LogP contribution in [0.1, 0.15) is 20.8 Å². The van der Waals surface area contributed by atoms with Gasteiger partial charge in [0, 0.05) is 13.0 Å². The lowest BCUT2D eigenvalue weighted by Crippen LogP contribution is -2.68. The van der Waals surface area contributed by atoms with Crippen LogP contribution in [-0.4, -0.2) is 76.6 Å². The third-order valence-corrected chi connectivity index (χ3v) is 3.24. The van der Waals surface area contributed by atoms with Crippen molar-refractivity contribution in [2.45, 2.75) is 57.4 Å². The summed E-state index contributed by atoms with van der Waals surface area (Å²) in [5.74, 6) is -0.364. The van der Waals surface area contributed by atoms with Gasteiger partial charge in [0.15, 0.2) is 6.23 Å². The molecule has 1 heterocycles. The molecule has 0 bridgehead atoms. The van der Waals surface area contributed by atoms with Gasteiger partial charge in [0.1, 0.15) is 18.3 Å². The SMILES string of the molecule is CON(C(C)C)[C@H]1OC(CO)[C@@H](O)[C@H](O)C1NC(C)=O. The van der Waals surface area contributed by atoms with Crippen LogP contribution in [-0.2, 0) is 14.4 Å². The van der Waals surface area contributed by atoms with Crippen molar-refractivity contribution in [2.24, 2.45) is 0 Å². The number of carbonyl (C=O) groups excluding carboxylic acids is 1. The molecule has 118 valence electrons. The first-order chi connectivity index (χ1) is 9.33. The van der Waals surface area contributed by atoms with E-state index in [4.69, 9.17) is 9.57 Å². The van der Waals surface area contributed by atoms with Crippen molar-refractivity contribution < 1.29 is 29.7 Å². The van der Waals surface area contributed by atoms with Crippen LogP contribution in [0.5, 0.6) is 0 Å². The molecule has 1 aliphatic rings. The highest BCUT2D eigenvalue weighted by Gasteiger charge is 2.47. The van der Waals surface area contributed by atoms with Crippen molar-refractivity contribution in [3.05, 3.63) is 0 Å². The molecular formula is C12H24N2O6. The molecule has 4 N–H and O–H groups in total. The summed E-state index contributed by atoms with van der Waals surface area (Å²) in [6.45, 7) is 4.56. The van der Waals surface area contributed by atoms with Crippen molar-refractivity contribution in [2.75, 3.05) is 13.7 Å². The molecule has 0 spiro atoms. The number of aliphatic hydroxyl groups is 3. The molecular weight excluding hydrogens is 268 g/mol. The summed E-state index contributed by atoms with van der Waals surface area (Å²) in [5.41, 5.74) is 0. The molecule has 0 aromatic carbocycles. The molecule has 1 saturated heterocycles. The zero-order valence-electron chi connectivity index (χ0n) is 12.2. The zero-order chi connectivity index (χ0) is 15.4. The Hall–Kier alpha value is -0.770. The monoisotopic (exact) mass is 292 g/mol. The molecule has 8 heteroatoms. The summed E-state index contributed by atoms with van der Waals surface area (Å²) in [6, 6.07) is -0.962. The van der Waals surface area contributed by atoms with Crippen LogP contribution in [0.2, 0.25) is 0 Å². The normalized spacial score (nSPS) is 34.5. The van der Waals surface area contributed by atoms with Gasteiger partial charge in [-0.2, -0.15) is 5.06 Å². The van der Waals surface area contributed by atoms with Gasteiger partial charge < -0.3 is 25.4 Å². The maximum atomic E-state index is 11.3. The van der Waals surface area contributed by atoms with Crippen molar-refractivity contribution >= 4 is 5.91 Å². The van der Waals surface area contributed by atoms with Gasteiger partial charge in [-0.3, -0.25) is 9.63 Å². The minimum atomic E-state index is -1.29. The molecule has 8 nitrogen and oxygen atoms in total. The van der Waals surface area contributed by atoms with Gasteiger partial charge >= 0.3 is 0 Å². The Morgan fingerprint density at radius 3 is 2.40 bits per heavy atom. The number of rotatable bonds is 5. The van der Waals surface area contributed by atoms with Crippen LogP contribution in [0, 0.1) is 0 Å². The van der Waals surface area contributed by atoms with Gasteiger partial charge in [-0.15, -0.1) is 0 Å². The van der Waals surface area contributed by atoms with Gasteiger partial charge in [-0.25, -0.2) is 0 Å². The number of nitrogens with one attached hydrogen (secondary N) is 1. The highest BCUT2D eigenvalue weighted by atomic mass is 16.7. The Morgan fingerprint density at radius 1 is 1.40 bits per heavy atom. The molecule has 1 fully saturated rings. The van der Waals surface area contributed by atoms with Crippen molar-refractivity contribution in [3.63, 3.8) is 0 Å². The number of hydrogen-bond acceptors (Lipinski definition) is 7. The minimum Gasteiger partial charge on any atom is -0.394 e. The van der Waals surface area contributed by atoms with E-state index in [1.165, 1.54) is 19.1 Å². The van der Waals surface area contributed by atoms with Gasteiger partial charge in [0.2, 0.25) is 5.91 Å². The minimum absolute atomic E-state index is 0.0944. The van der Waals surface area contributed by atoms with E-state index < -0.39 is 37.2 Å². The Balaban J connectivity index is 3.02. The Labute approximate surface area is 118 Å². The molecule has 1 rings (SSSR count).